The van der Waals surface area contributed by atoms with Crippen LogP contribution in [0.3, 0.4) is 0 Å². The number of nitrogens with one attached hydrogen (secondary N) is 1. The first-order chi connectivity index (χ1) is 9.20. The number of nitrogens with zero attached hydrogens (tertiary/aromatic N) is 1. The predicted molar refractivity (Wildman–Crippen MR) is 84.2 cm³/mol. The van der Waals surface area contributed by atoms with Gasteiger partial charge in [-0.2, -0.15) is 0 Å². The van der Waals surface area contributed by atoms with Crippen LogP contribution in [0, 0.1) is 8.99 Å². The van der Waals surface area contributed by atoms with Gasteiger partial charge in [-0.25, -0.2) is 0 Å². The van der Waals surface area contributed by atoms with Crippen LogP contribution in [-0.4, -0.2) is 37.0 Å². The Bertz CT molecular complexity index is 473. The molecule has 0 aromatic heterocycles. The number of halogens is 1. The molecule has 1 aromatic carbocycles. The van der Waals surface area contributed by atoms with Gasteiger partial charge in [-0.1, -0.05) is 12.1 Å². The van der Waals surface area contributed by atoms with Crippen LogP contribution in [0.25, 0.3) is 0 Å². The Balaban J connectivity index is 1.68. The number of rotatable bonds is 1. The fraction of sp³-hybridized carbons (Fsp3) is 0.533. The molecule has 0 radical (unpaired) electrons. The summed E-state index contributed by atoms with van der Waals surface area (Å²) in [6.07, 6.45) is 3.57. The molecule has 0 saturated carbocycles. The van der Waals surface area contributed by atoms with E-state index in [0.717, 1.165) is 48.2 Å². The van der Waals surface area contributed by atoms with Gasteiger partial charge < -0.3 is 10.2 Å². The lowest BCUT2D eigenvalue weighted by molar-refractivity contribution is 0.0606. The number of hydrogen-bond acceptors (Lipinski definition) is 2. The highest BCUT2D eigenvalue weighted by atomic mass is 127. The van der Waals surface area contributed by atoms with E-state index in [2.05, 4.69) is 27.9 Å². The fourth-order valence-electron chi connectivity index (χ4n) is 3.21. The van der Waals surface area contributed by atoms with Crippen molar-refractivity contribution < 1.29 is 4.79 Å². The van der Waals surface area contributed by atoms with Crippen molar-refractivity contribution in [3.05, 3.63) is 33.4 Å². The Kier molecular flexibility index (Phi) is 3.80. The molecular weight excluding hydrogens is 351 g/mol. The standard InChI is InChI=1S/C15H19IN2O/c16-13-4-2-1-3-12(13)14(19)18-9-6-15(7-10-18)5-8-17-11-15/h1-4,17H,5-11H2. The summed E-state index contributed by atoms with van der Waals surface area (Å²) in [5.74, 6) is 0.200. The third-order valence-electron chi connectivity index (χ3n) is 4.55. The molecule has 3 rings (SSSR count). The highest BCUT2D eigenvalue weighted by Crippen LogP contribution is 2.37. The summed E-state index contributed by atoms with van der Waals surface area (Å²) < 4.78 is 1.05. The molecule has 102 valence electrons. The first-order valence-electron chi connectivity index (χ1n) is 6.95. The Morgan fingerprint density at radius 2 is 1.95 bits per heavy atom. The van der Waals surface area contributed by atoms with Crippen LogP contribution in [0.4, 0.5) is 0 Å². The molecule has 2 aliphatic heterocycles. The fourth-order valence-corrected chi connectivity index (χ4v) is 3.83. The second-order valence-corrected chi connectivity index (χ2v) is 6.86. The van der Waals surface area contributed by atoms with Crippen molar-refractivity contribution in [2.75, 3.05) is 26.2 Å². The summed E-state index contributed by atoms with van der Waals surface area (Å²) in [5.41, 5.74) is 1.32. The summed E-state index contributed by atoms with van der Waals surface area (Å²) in [5, 5.41) is 3.46. The second kappa shape index (κ2) is 5.40. The number of hydrogen-bond donors (Lipinski definition) is 1. The SMILES string of the molecule is O=C(c1ccccc1I)N1CCC2(CCNC2)CC1. The summed E-state index contributed by atoms with van der Waals surface area (Å²) in [4.78, 5) is 14.6. The van der Waals surface area contributed by atoms with Crippen molar-refractivity contribution in [2.45, 2.75) is 19.3 Å². The molecule has 1 aromatic rings. The molecule has 0 aliphatic carbocycles. The summed E-state index contributed by atoms with van der Waals surface area (Å²) >= 11 is 2.25. The normalized spacial score (nSPS) is 21.8. The highest BCUT2D eigenvalue weighted by Gasteiger charge is 2.38. The molecule has 2 heterocycles. The van der Waals surface area contributed by atoms with Gasteiger partial charge >= 0.3 is 0 Å². The minimum Gasteiger partial charge on any atom is -0.339 e. The van der Waals surface area contributed by atoms with E-state index < -0.39 is 0 Å². The molecule has 4 heteroatoms. The van der Waals surface area contributed by atoms with Gasteiger partial charge in [0.2, 0.25) is 0 Å². The molecule has 0 bridgehead atoms. The summed E-state index contributed by atoms with van der Waals surface area (Å²) in [6, 6.07) is 7.86. The zero-order valence-electron chi connectivity index (χ0n) is 11.0. The maximum atomic E-state index is 12.5. The lowest BCUT2D eigenvalue weighted by Crippen LogP contribution is -2.44. The van der Waals surface area contributed by atoms with E-state index in [1.165, 1.54) is 6.42 Å². The van der Waals surface area contributed by atoms with Gasteiger partial charge in [-0.05, 0) is 65.9 Å². The third-order valence-corrected chi connectivity index (χ3v) is 5.49. The number of likely N-dealkylation sites (tertiary alicyclic amines) is 1. The van der Waals surface area contributed by atoms with E-state index >= 15 is 0 Å². The largest absolute Gasteiger partial charge is 0.339 e. The molecule has 1 N–H and O–H groups in total. The topological polar surface area (TPSA) is 32.3 Å². The number of carbonyl (C=O) groups is 1. The molecule has 2 saturated heterocycles. The predicted octanol–water partition coefficient (Wildman–Crippen LogP) is 2.51. The number of amides is 1. The van der Waals surface area contributed by atoms with Crippen LogP contribution in [0.5, 0.6) is 0 Å². The van der Waals surface area contributed by atoms with Gasteiger partial charge in [0.1, 0.15) is 0 Å². The van der Waals surface area contributed by atoms with E-state index in [1.807, 2.05) is 29.2 Å². The average Bonchev–Trinajstić information content (AvgIpc) is 2.88. The van der Waals surface area contributed by atoms with Gasteiger partial charge in [0.25, 0.3) is 5.91 Å². The molecular formula is C15H19IN2O. The zero-order valence-corrected chi connectivity index (χ0v) is 13.2. The molecule has 2 aliphatic rings. The highest BCUT2D eigenvalue weighted by molar-refractivity contribution is 14.1. The van der Waals surface area contributed by atoms with Crippen LogP contribution < -0.4 is 5.32 Å². The minimum atomic E-state index is 0.200. The molecule has 3 nitrogen and oxygen atoms in total. The molecule has 2 fully saturated rings. The molecule has 0 unspecified atom stereocenters. The Hall–Kier alpha value is -0.620. The summed E-state index contributed by atoms with van der Waals surface area (Å²) in [6.45, 7) is 4.10. The Labute approximate surface area is 127 Å². The zero-order chi connectivity index (χ0) is 13.3. The van der Waals surface area contributed by atoms with Gasteiger partial charge in [-0.15, -0.1) is 0 Å². The average molecular weight is 370 g/mol. The third kappa shape index (κ3) is 2.65. The van der Waals surface area contributed by atoms with Gasteiger partial charge in [0.05, 0.1) is 5.56 Å². The van der Waals surface area contributed by atoms with Crippen LogP contribution in [0.2, 0.25) is 0 Å². The van der Waals surface area contributed by atoms with Crippen LogP contribution in [0.1, 0.15) is 29.6 Å². The quantitative estimate of drug-likeness (QED) is 0.771. The number of piperidine rings is 1. The van der Waals surface area contributed by atoms with Gasteiger partial charge in [-0.3, -0.25) is 4.79 Å². The Morgan fingerprint density at radius 1 is 1.21 bits per heavy atom. The smallest absolute Gasteiger partial charge is 0.254 e. The van der Waals surface area contributed by atoms with Gasteiger partial charge in [0, 0.05) is 23.2 Å². The molecule has 19 heavy (non-hydrogen) atoms. The van der Waals surface area contributed by atoms with E-state index in [1.54, 1.807) is 0 Å². The van der Waals surface area contributed by atoms with Crippen molar-refractivity contribution in [3.63, 3.8) is 0 Å². The monoisotopic (exact) mass is 370 g/mol. The van der Waals surface area contributed by atoms with Crippen LogP contribution in [-0.2, 0) is 0 Å². The first-order valence-corrected chi connectivity index (χ1v) is 8.03. The number of carbonyl (C=O) groups excluding carboxylic acids is 1. The van der Waals surface area contributed by atoms with E-state index in [9.17, 15) is 4.79 Å². The van der Waals surface area contributed by atoms with Crippen molar-refractivity contribution in [2.24, 2.45) is 5.41 Å². The maximum absolute atomic E-state index is 12.5. The molecule has 0 atom stereocenters. The van der Waals surface area contributed by atoms with E-state index in [-0.39, 0.29) is 5.91 Å². The number of benzene rings is 1. The van der Waals surface area contributed by atoms with E-state index in [4.69, 9.17) is 0 Å². The van der Waals surface area contributed by atoms with E-state index in [0.29, 0.717) is 5.41 Å². The van der Waals surface area contributed by atoms with Gasteiger partial charge in [0.15, 0.2) is 0 Å². The van der Waals surface area contributed by atoms with Crippen LogP contribution >= 0.6 is 22.6 Å². The van der Waals surface area contributed by atoms with Crippen molar-refractivity contribution in [3.8, 4) is 0 Å². The lowest BCUT2D eigenvalue weighted by Gasteiger charge is -2.39. The molecule has 1 amide bonds. The molecule has 1 spiro atoms. The van der Waals surface area contributed by atoms with Crippen molar-refractivity contribution in [1.82, 2.24) is 10.2 Å². The summed E-state index contributed by atoms with van der Waals surface area (Å²) in [7, 11) is 0. The van der Waals surface area contributed by atoms with Crippen LogP contribution in [0.15, 0.2) is 24.3 Å². The Morgan fingerprint density at radius 3 is 2.58 bits per heavy atom. The first kappa shape index (κ1) is 13.4. The lowest BCUT2D eigenvalue weighted by atomic mass is 9.78. The van der Waals surface area contributed by atoms with Crippen molar-refractivity contribution >= 4 is 28.5 Å². The minimum absolute atomic E-state index is 0.200. The maximum Gasteiger partial charge on any atom is 0.254 e. The van der Waals surface area contributed by atoms with Crippen molar-refractivity contribution in [1.29, 1.82) is 0 Å². The second-order valence-electron chi connectivity index (χ2n) is 5.70.